The van der Waals surface area contributed by atoms with Crippen molar-refractivity contribution in [1.29, 1.82) is 0 Å². The summed E-state index contributed by atoms with van der Waals surface area (Å²) in [4.78, 5) is 26.0. The SMILES string of the molecule is CSc1ccccc1NC(=O)CN1CCC(C(=O)O)CC1. The van der Waals surface area contributed by atoms with Crippen molar-refractivity contribution < 1.29 is 14.7 Å². The van der Waals surface area contributed by atoms with Crippen molar-refractivity contribution >= 4 is 29.3 Å². The summed E-state index contributed by atoms with van der Waals surface area (Å²) in [6.07, 6.45) is 3.20. The smallest absolute Gasteiger partial charge is 0.306 e. The van der Waals surface area contributed by atoms with Gasteiger partial charge in [-0.05, 0) is 44.3 Å². The lowest BCUT2D eigenvalue weighted by Crippen LogP contribution is -2.40. The number of carboxylic acid groups (broad SMARTS) is 1. The number of aliphatic carboxylic acids is 1. The molecule has 2 rings (SSSR count). The van der Waals surface area contributed by atoms with E-state index in [9.17, 15) is 9.59 Å². The van der Waals surface area contributed by atoms with Gasteiger partial charge in [-0.2, -0.15) is 0 Å². The third kappa shape index (κ3) is 4.47. The van der Waals surface area contributed by atoms with E-state index in [0.717, 1.165) is 10.6 Å². The number of carboxylic acids is 1. The van der Waals surface area contributed by atoms with Crippen molar-refractivity contribution in [2.75, 3.05) is 31.2 Å². The number of piperidine rings is 1. The second kappa shape index (κ2) is 7.47. The van der Waals surface area contributed by atoms with E-state index in [1.807, 2.05) is 35.4 Å². The van der Waals surface area contributed by atoms with Gasteiger partial charge in [0.05, 0.1) is 18.2 Å². The third-order valence-electron chi connectivity index (χ3n) is 3.69. The lowest BCUT2D eigenvalue weighted by atomic mass is 9.97. The molecule has 2 N–H and O–H groups in total. The molecule has 1 aromatic rings. The minimum Gasteiger partial charge on any atom is -0.481 e. The van der Waals surface area contributed by atoms with Gasteiger partial charge < -0.3 is 10.4 Å². The van der Waals surface area contributed by atoms with Gasteiger partial charge in [0.2, 0.25) is 5.91 Å². The van der Waals surface area contributed by atoms with Crippen molar-refractivity contribution in [2.24, 2.45) is 5.92 Å². The first-order valence-electron chi connectivity index (χ1n) is 6.98. The van der Waals surface area contributed by atoms with Crippen LogP contribution in [0.4, 0.5) is 5.69 Å². The van der Waals surface area contributed by atoms with Gasteiger partial charge in [-0.15, -0.1) is 11.8 Å². The number of carbonyl (C=O) groups excluding carboxylic acids is 1. The molecule has 0 aliphatic carbocycles. The second-order valence-electron chi connectivity index (χ2n) is 5.14. The Bertz CT molecular complexity index is 513. The number of nitrogens with one attached hydrogen (secondary N) is 1. The van der Waals surface area contributed by atoms with Gasteiger partial charge in [-0.25, -0.2) is 0 Å². The van der Waals surface area contributed by atoms with Crippen LogP contribution in [0.1, 0.15) is 12.8 Å². The maximum Gasteiger partial charge on any atom is 0.306 e. The number of para-hydroxylation sites is 1. The van der Waals surface area contributed by atoms with Gasteiger partial charge in [0.25, 0.3) is 0 Å². The first kappa shape index (κ1) is 15.9. The fourth-order valence-corrected chi connectivity index (χ4v) is 3.03. The molecular weight excluding hydrogens is 288 g/mol. The summed E-state index contributed by atoms with van der Waals surface area (Å²) < 4.78 is 0. The van der Waals surface area contributed by atoms with Crippen molar-refractivity contribution in [2.45, 2.75) is 17.7 Å². The third-order valence-corrected chi connectivity index (χ3v) is 4.48. The number of hydrogen-bond donors (Lipinski definition) is 2. The number of rotatable bonds is 5. The standard InChI is InChI=1S/C15H20N2O3S/c1-21-13-5-3-2-4-12(13)16-14(18)10-17-8-6-11(7-9-17)15(19)20/h2-5,11H,6-10H2,1H3,(H,16,18)(H,19,20). The maximum absolute atomic E-state index is 12.1. The second-order valence-corrected chi connectivity index (χ2v) is 5.99. The molecule has 114 valence electrons. The van der Waals surface area contributed by atoms with Crippen molar-refractivity contribution in [3.8, 4) is 0 Å². The highest BCUT2D eigenvalue weighted by Gasteiger charge is 2.25. The Labute approximate surface area is 128 Å². The van der Waals surface area contributed by atoms with Crippen LogP contribution in [0.5, 0.6) is 0 Å². The molecule has 1 aliphatic heterocycles. The summed E-state index contributed by atoms with van der Waals surface area (Å²) in [5.74, 6) is -1.04. The number of hydrogen-bond acceptors (Lipinski definition) is 4. The van der Waals surface area contributed by atoms with Crippen molar-refractivity contribution in [3.63, 3.8) is 0 Å². The Morgan fingerprint density at radius 2 is 2.00 bits per heavy atom. The fourth-order valence-electron chi connectivity index (χ4n) is 2.48. The first-order valence-corrected chi connectivity index (χ1v) is 8.20. The summed E-state index contributed by atoms with van der Waals surface area (Å²) in [5.41, 5.74) is 0.829. The number of thioether (sulfide) groups is 1. The maximum atomic E-state index is 12.1. The number of anilines is 1. The predicted molar refractivity (Wildman–Crippen MR) is 83.7 cm³/mol. The van der Waals surface area contributed by atoms with Crippen LogP contribution in [0.25, 0.3) is 0 Å². The molecule has 0 unspecified atom stereocenters. The lowest BCUT2D eigenvalue weighted by molar-refractivity contribution is -0.143. The Morgan fingerprint density at radius 1 is 1.33 bits per heavy atom. The zero-order valence-corrected chi connectivity index (χ0v) is 12.9. The molecule has 1 amide bonds. The molecule has 6 heteroatoms. The summed E-state index contributed by atoms with van der Waals surface area (Å²) in [5, 5.41) is 11.9. The molecule has 0 atom stereocenters. The Kier molecular flexibility index (Phi) is 5.64. The Morgan fingerprint density at radius 3 is 2.62 bits per heavy atom. The molecule has 1 aromatic carbocycles. The molecule has 0 radical (unpaired) electrons. The van der Waals surface area contributed by atoms with Crippen LogP contribution in [0.3, 0.4) is 0 Å². The highest BCUT2D eigenvalue weighted by atomic mass is 32.2. The van der Waals surface area contributed by atoms with Gasteiger partial charge in [-0.3, -0.25) is 14.5 Å². The Hall–Kier alpha value is -1.53. The first-order chi connectivity index (χ1) is 10.1. The van der Waals surface area contributed by atoms with E-state index in [1.54, 1.807) is 11.8 Å². The molecule has 0 aromatic heterocycles. The highest BCUT2D eigenvalue weighted by Crippen LogP contribution is 2.24. The molecule has 1 aliphatic rings. The van der Waals surface area contributed by atoms with Gasteiger partial charge in [0.1, 0.15) is 0 Å². The molecule has 1 fully saturated rings. The Balaban J connectivity index is 1.84. The van der Waals surface area contributed by atoms with Gasteiger partial charge >= 0.3 is 5.97 Å². The highest BCUT2D eigenvalue weighted by molar-refractivity contribution is 7.98. The number of benzene rings is 1. The monoisotopic (exact) mass is 308 g/mol. The average molecular weight is 308 g/mol. The zero-order valence-electron chi connectivity index (χ0n) is 12.0. The molecule has 1 saturated heterocycles. The van der Waals surface area contributed by atoms with Gasteiger partial charge in [0, 0.05) is 4.90 Å². The summed E-state index contributed by atoms with van der Waals surface area (Å²) in [6.45, 7) is 1.64. The molecule has 0 bridgehead atoms. The van der Waals surface area contributed by atoms with Gasteiger partial charge in [0.15, 0.2) is 0 Å². The van der Waals surface area contributed by atoms with Crippen LogP contribution >= 0.6 is 11.8 Å². The van der Waals surface area contributed by atoms with E-state index in [4.69, 9.17) is 5.11 Å². The number of carbonyl (C=O) groups is 2. The molecule has 0 spiro atoms. The van der Waals surface area contributed by atoms with E-state index >= 15 is 0 Å². The van der Waals surface area contributed by atoms with Crippen molar-refractivity contribution in [3.05, 3.63) is 24.3 Å². The van der Waals surface area contributed by atoms with Crippen LogP contribution in [-0.4, -0.2) is 47.8 Å². The van der Waals surface area contributed by atoms with Crippen LogP contribution in [0, 0.1) is 5.92 Å². The number of nitrogens with zero attached hydrogens (tertiary/aromatic N) is 1. The largest absolute Gasteiger partial charge is 0.481 e. The van der Waals surface area contributed by atoms with Crippen LogP contribution in [0.15, 0.2) is 29.2 Å². The lowest BCUT2D eigenvalue weighted by Gasteiger charge is -2.29. The minimum absolute atomic E-state index is 0.0507. The topological polar surface area (TPSA) is 69.6 Å². The van der Waals surface area contributed by atoms with E-state index in [-0.39, 0.29) is 11.8 Å². The molecule has 1 heterocycles. The summed E-state index contributed by atoms with van der Waals surface area (Å²) in [6, 6.07) is 7.70. The molecule has 0 saturated carbocycles. The van der Waals surface area contributed by atoms with Crippen molar-refractivity contribution in [1.82, 2.24) is 4.90 Å². The van der Waals surface area contributed by atoms with E-state index in [2.05, 4.69) is 5.32 Å². The predicted octanol–water partition coefficient (Wildman–Crippen LogP) is 2.14. The van der Waals surface area contributed by atoms with E-state index in [1.165, 1.54) is 0 Å². The normalized spacial score (nSPS) is 16.6. The van der Waals surface area contributed by atoms with Crippen LogP contribution in [-0.2, 0) is 9.59 Å². The number of amides is 1. The fraction of sp³-hybridized carbons (Fsp3) is 0.467. The summed E-state index contributed by atoms with van der Waals surface area (Å²) >= 11 is 1.59. The van der Waals surface area contributed by atoms with E-state index in [0.29, 0.717) is 32.5 Å². The molecule has 5 nitrogen and oxygen atoms in total. The quantitative estimate of drug-likeness (QED) is 0.816. The van der Waals surface area contributed by atoms with Crippen LogP contribution in [0.2, 0.25) is 0 Å². The minimum atomic E-state index is -0.729. The van der Waals surface area contributed by atoms with Crippen LogP contribution < -0.4 is 5.32 Å². The zero-order chi connectivity index (χ0) is 15.2. The number of likely N-dealkylation sites (tertiary alicyclic amines) is 1. The molecule has 21 heavy (non-hydrogen) atoms. The molecular formula is C15H20N2O3S. The summed E-state index contributed by atoms with van der Waals surface area (Å²) in [7, 11) is 0. The average Bonchev–Trinajstić information content (AvgIpc) is 2.48. The van der Waals surface area contributed by atoms with Gasteiger partial charge in [-0.1, -0.05) is 12.1 Å². The van der Waals surface area contributed by atoms with E-state index < -0.39 is 5.97 Å².